The molecule has 252 valence electrons. The zero-order valence-corrected chi connectivity index (χ0v) is 29.4. The molecule has 1 heterocycles. The fourth-order valence-corrected chi connectivity index (χ4v) is 7.59. The highest BCUT2D eigenvalue weighted by Crippen LogP contribution is 2.34. The van der Waals surface area contributed by atoms with Crippen molar-refractivity contribution in [1.82, 2.24) is 15.0 Å². The lowest BCUT2D eigenvalue weighted by Gasteiger charge is -2.12. The van der Waals surface area contributed by atoms with Crippen molar-refractivity contribution < 1.29 is 0 Å². The van der Waals surface area contributed by atoms with Gasteiger partial charge < -0.3 is 0 Å². The van der Waals surface area contributed by atoms with Crippen molar-refractivity contribution >= 4 is 32.3 Å². The van der Waals surface area contributed by atoms with Crippen LogP contribution in [0.3, 0.4) is 0 Å². The molecule has 0 atom stereocenters. The molecule has 0 bridgehead atoms. The van der Waals surface area contributed by atoms with E-state index in [2.05, 4.69) is 200 Å². The number of hydrogen-bond acceptors (Lipinski definition) is 3. The Labute approximate surface area is 313 Å². The minimum atomic E-state index is 0.635. The monoisotopic (exact) mass is 687 g/mol. The van der Waals surface area contributed by atoms with Gasteiger partial charge in [-0.1, -0.05) is 200 Å². The maximum atomic E-state index is 5.08. The topological polar surface area (TPSA) is 38.7 Å². The SMILES string of the molecule is c1ccc2c(-c3ccc(-c4nc(-c5ccc(-c6cccc7ccccc67)cc5)nc(-c5ccc(-c6cccc7ccccc67)cc5)n4)cc3)cccc2c1. The van der Waals surface area contributed by atoms with E-state index in [9.17, 15) is 0 Å². The molecule has 0 N–H and O–H groups in total. The molecule has 0 amide bonds. The number of nitrogens with zero attached hydrogens (tertiary/aromatic N) is 3. The first-order valence-corrected chi connectivity index (χ1v) is 18.3. The zero-order chi connectivity index (χ0) is 35.8. The van der Waals surface area contributed by atoms with E-state index in [0.29, 0.717) is 17.5 Å². The molecular weight excluding hydrogens is 655 g/mol. The number of rotatable bonds is 6. The average molecular weight is 688 g/mol. The summed E-state index contributed by atoms with van der Waals surface area (Å²) in [6, 6.07) is 70.6. The van der Waals surface area contributed by atoms with Gasteiger partial charge in [0, 0.05) is 16.7 Å². The molecule has 0 fully saturated rings. The average Bonchev–Trinajstić information content (AvgIpc) is 3.26. The largest absolute Gasteiger partial charge is 0.208 e. The summed E-state index contributed by atoms with van der Waals surface area (Å²) >= 11 is 0. The van der Waals surface area contributed by atoms with Crippen molar-refractivity contribution in [3.05, 3.63) is 200 Å². The van der Waals surface area contributed by atoms with Crippen LogP contribution in [0.15, 0.2) is 200 Å². The van der Waals surface area contributed by atoms with Crippen molar-refractivity contribution in [2.75, 3.05) is 0 Å². The highest BCUT2D eigenvalue weighted by Gasteiger charge is 2.15. The van der Waals surface area contributed by atoms with Crippen LogP contribution in [0.2, 0.25) is 0 Å². The van der Waals surface area contributed by atoms with Crippen molar-refractivity contribution in [1.29, 1.82) is 0 Å². The summed E-state index contributed by atoms with van der Waals surface area (Å²) in [5.74, 6) is 1.90. The summed E-state index contributed by atoms with van der Waals surface area (Å²) in [5, 5.41) is 7.38. The van der Waals surface area contributed by atoms with Gasteiger partial charge in [-0.25, -0.2) is 15.0 Å². The van der Waals surface area contributed by atoms with Crippen LogP contribution in [0.25, 0.3) is 99.9 Å². The normalized spacial score (nSPS) is 11.3. The predicted molar refractivity (Wildman–Crippen MR) is 225 cm³/mol. The number of hydrogen-bond donors (Lipinski definition) is 0. The summed E-state index contributed by atoms with van der Waals surface area (Å²) in [7, 11) is 0. The van der Waals surface area contributed by atoms with Crippen LogP contribution >= 0.6 is 0 Å². The van der Waals surface area contributed by atoms with Gasteiger partial charge in [-0.3, -0.25) is 0 Å². The Kier molecular flexibility index (Phi) is 7.81. The van der Waals surface area contributed by atoms with Crippen LogP contribution in [-0.4, -0.2) is 15.0 Å². The number of aromatic nitrogens is 3. The number of fused-ring (bicyclic) bond motifs is 3. The summed E-state index contributed by atoms with van der Waals surface area (Å²) in [5.41, 5.74) is 9.86. The predicted octanol–water partition coefficient (Wildman–Crippen LogP) is 13.3. The first-order chi connectivity index (χ1) is 26.7. The molecule has 54 heavy (non-hydrogen) atoms. The van der Waals surface area contributed by atoms with Crippen molar-refractivity contribution in [2.24, 2.45) is 0 Å². The summed E-state index contributed by atoms with van der Waals surface area (Å²) < 4.78 is 0. The third kappa shape index (κ3) is 5.78. The van der Waals surface area contributed by atoms with Gasteiger partial charge in [0.05, 0.1) is 0 Å². The van der Waals surface area contributed by atoms with Gasteiger partial charge in [-0.15, -0.1) is 0 Å². The molecule has 0 saturated heterocycles. The highest BCUT2D eigenvalue weighted by molar-refractivity contribution is 5.99. The first kappa shape index (κ1) is 31.5. The lowest BCUT2D eigenvalue weighted by molar-refractivity contribution is 1.07. The molecule has 1 aromatic heterocycles. The highest BCUT2D eigenvalue weighted by atomic mass is 15.0. The maximum Gasteiger partial charge on any atom is 0.164 e. The Balaban J connectivity index is 1.06. The van der Waals surface area contributed by atoms with E-state index in [1.54, 1.807) is 0 Å². The zero-order valence-electron chi connectivity index (χ0n) is 29.4. The summed E-state index contributed by atoms with van der Waals surface area (Å²) in [6.45, 7) is 0. The molecular formula is C51H33N3. The van der Waals surface area contributed by atoms with E-state index in [-0.39, 0.29) is 0 Å². The molecule has 0 aliphatic carbocycles. The molecule has 0 unspecified atom stereocenters. The van der Waals surface area contributed by atoms with Crippen molar-refractivity contribution in [3.8, 4) is 67.5 Å². The molecule has 0 aliphatic heterocycles. The van der Waals surface area contributed by atoms with E-state index >= 15 is 0 Å². The third-order valence-electron chi connectivity index (χ3n) is 10.4. The van der Waals surface area contributed by atoms with Gasteiger partial charge in [0.1, 0.15) is 0 Å². The Morgan fingerprint density at radius 1 is 0.204 bits per heavy atom. The smallest absolute Gasteiger partial charge is 0.164 e. The lowest BCUT2D eigenvalue weighted by Crippen LogP contribution is -2.00. The Morgan fingerprint density at radius 2 is 0.444 bits per heavy atom. The molecule has 0 radical (unpaired) electrons. The van der Waals surface area contributed by atoms with Crippen molar-refractivity contribution in [3.63, 3.8) is 0 Å². The standard InChI is InChI=1S/C51H33N3/c1-4-16-43-34(10-1)13-7-19-46(43)37-22-28-40(29-23-37)49-52-50(41-30-24-38(25-31-41)47-20-8-14-35-11-2-5-17-44(35)47)54-51(53-49)42-32-26-39(27-33-42)48-21-9-15-36-12-3-6-18-45(36)48/h1-33H. The van der Waals surface area contributed by atoms with Gasteiger partial charge in [-0.05, 0) is 65.7 Å². The second-order valence-electron chi connectivity index (χ2n) is 13.6. The Hall–Kier alpha value is -7.23. The van der Waals surface area contributed by atoms with Gasteiger partial charge in [-0.2, -0.15) is 0 Å². The second kappa shape index (κ2) is 13.4. The first-order valence-electron chi connectivity index (χ1n) is 18.3. The third-order valence-corrected chi connectivity index (χ3v) is 10.4. The van der Waals surface area contributed by atoms with Crippen LogP contribution in [-0.2, 0) is 0 Å². The van der Waals surface area contributed by atoms with Gasteiger partial charge in [0.15, 0.2) is 17.5 Å². The summed E-state index contributed by atoms with van der Waals surface area (Å²) in [4.78, 5) is 15.2. The van der Waals surface area contributed by atoms with Crippen LogP contribution < -0.4 is 0 Å². The van der Waals surface area contributed by atoms with Crippen molar-refractivity contribution in [2.45, 2.75) is 0 Å². The van der Waals surface area contributed by atoms with Crippen LogP contribution in [0.1, 0.15) is 0 Å². The Morgan fingerprint density at radius 3 is 0.741 bits per heavy atom. The molecule has 10 rings (SSSR count). The molecule has 0 saturated carbocycles. The minimum absolute atomic E-state index is 0.635. The van der Waals surface area contributed by atoms with Crippen LogP contribution in [0.4, 0.5) is 0 Å². The fourth-order valence-electron chi connectivity index (χ4n) is 7.59. The van der Waals surface area contributed by atoms with Crippen LogP contribution in [0, 0.1) is 0 Å². The molecule has 10 aromatic rings. The van der Waals surface area contributed by atoms with Crippen LogP contribution in [0.5, 0.6) is 0 Å². The van der Waals surface area contributed by atoms with E-state index in [0.717, 1.165) is 33.4 Å². The lowest BCUT2D eigenvalue weighted by atomic mass is 9.97. The Bertz CT molecular complexity index is 2610. The van der Waals surface area contributed by atoms with Gasteiger partial charge >= 0.3 is 0 Å². The second-order valence-corrected chi connectivity index (χ2v) is 13.6. The molecule has 0 aliphatic rings. The quantitative estimate of drug-likeness (QED) is 0.175. The number of benzene rings is 9. The fraction of sp³-hybridized carbons (Fsp3) is 0. The van der Waals surface area contributed by atoms with E-state index in [1.165, 1.54) is 49.0 Å². The van der Waals surface area contributed by atoms with E-state index in [4.69, 9.17) is 15.0 Å². The summed E-state index contributed by atoms with van der Waals surface area (Å²) in [6.07, 6.45) is 0. The van der Waals surface area contributed by atoms with Gasteiger partial charge in [0.2, 0.25) is 0 Å². The van der Waals surface area contributed by atoms with E-state index < -0.39 is 0 Å². The molecule has 9 aromatic carbocycles. The van der Waals surface area contributed by atoms with E-state index in [1.807, 2.05) is 0 Å². The molecule has 3 heteroatoms. The maximum absolute atomic E-state index is 5.08. The van der Waals surface area contributed by atoms with Gasteiger partial charge in [0.25, 0.3) is 0 Å². The minimum Gasteiger partial charge on any atom is -0.208 e. The molecule has 0 spiro atoms. The molecule has 3 nitrogen and oxygen atoms in total.